The Morgan fingerprint density at radius 1 is 1.24 bits per heavy atom. The van der Waals surface area contributed by atoms with E-state index in [1.807, 2.05) is 0 Å². The molecule has 0 spiro atoms. The number of nitrogens with one attached hydrogen (secondary N) is 2. The first kappa shape index (κ1) is 16.5. The molecule has 4 rings (SSSR count). The molecular formula is C19H24FN3O2. The van der Waals surface area contributed by atoms with Crippen molar-refractivity contribution in [1.29, 1.82) is 0 Å². The summed E-state index contributed by atoms with van der Waals surface area (Å²) in [5.74, 6) is 0.195. The Balaban J connectivity index is 1.60. The number of hydrogen-bond donors (Lipinski definition) is 2. The zero-order valence-corrected chi connectivity index (χ0v) is 14.4. The van der Waals surface area contributed by atoms with Gasteiger partial charge >= 0.3 is 0 Å². The normalized spacial score (nSPS) is 30.3. The minimum Gasteiger partial charge on any atom is -0.309 e. The molecule has 2 amide bonds. The topological polar surface area (TPSA) is 61.4 Å². The van der Waals surface area contributed by atoms with E-state index in [0.29, 0.717) is 24.6 Å². The van der Waals surface area contributed by atoms with Gasteiger partial charge in [0.05, 0.1) is 5.69 Å². The maximum Gasteiger partial charge on any atom is 0.237 e. The number of anilines is 1. The second kappa shape index (κ2) is 6.41. The fourth-order valence-corrected chi connectivity index (χ4v) is 4.56. The van der Waals surface area contributed by atoms with Crippen LogP contribution in [0, 0.1) is 17.7 Å². The van der Waals surface area contributed by atoms with Crippen molar-refractivity contribution in [2.24, 2.45) is 11.8 Å². The second-order valence-corrected chi connectivity index (χ2v) is 7.51. The van der Waals surface area contributed by atoms with Crippen molar-refractivity contribution in [3.05, 3.63) is 29.6 Å². The first-order valence-electron chi connectivity index (χ1n) is 9.21. The molecular weight excluding hydrogens is 321 g/mol. The molecule has 1 saturated carbocycles. The molecule has 1 aromatic carbocycles. The highest BCUT2D eigenvalue weighted by Crippen LogP contribution is 2.40. The van der Waals surface area contributed by atoms with Gasteiger partial charge in [0.2, 0.25) is 11.8 Å². The third-order valence-electron chi connectivity index (χ3n) is 6.16. The van der Waals surface area contributed by atoms with Gasteiger partial charge in [-0.15, -0.1) is 0 Å². The number of hydrogen-bond acceptors (Lipinski definition) is 3. The smallest absolute Gasteiger partial charge is 0.237 e. The minimum atomic E-state index is -0.357. The van der Waals surface area contributed by atoms with Crippen molar-refractivity contribution in [1.82, 2.24) is 10.9 Å². The zero-order chi connectivity index (χ0) is 17.6. The van der Waals surface area contributed by atoms with Gasteiger partial charge in [-0.2, -0.15) is 0 Å². The molecule has 2 aliphatic heterocycles. The van der Waals surface area contributed by atoms with Gasteiger partial charge in [-0.05, 0) is 42.4 Å². The van der Waals surface area contributed by atoms with E-state index in [4.69, 9.17) is 0 Å². The van der Waals surface area contributed by atoms with Crippen molar-refractivity contribution < 1.29 is 14.0 Å². The molecule has 1 aromatic rings. The molecule has 4 atom stereocenters. The number of carbonyl (C=O) groups excluding carboxylic acids is 2. The van der Waals surface area contributed by atoms with Crippen molar-refractivity contribution in [3.63, 3.8) is 0 Å². The quantitative estimate of drug-likeness (QED) is 0.828. The predicted molar refractivity (Wildman–Crippen MR) is 92.3 cm³/mol. The summed E-state index contributed by atoms with van der Waals surface area (Å²) >= 11 is 0. The summed E-state index contributed by atoms with van der Waals surface area (Å²) in [7, 11) is 0. The first-order chi connectivity index (χ1) is 12.1. The molecule has 2 saturated heterocycles. The molecule has 4 unspecified atom stereocenters. The second-order valence-electron chi connectivity index (χ2n) is 7.51. The Bertz CT molecular complexity index is 708. The fraction of sp³-hybridized carbons (Fsp3) is 0.579. The highest BCUT2D eigenvalue weighted by Gasteiger charge is 2.42. The van der Waals surface area contributed by atoms with E-state index >= 15 is 0 Å². The van der Waals surface area contributed by atoms with Crippen LogP contribution in [-0.2, 0) is 9.59 Å². The molecule has 0 radical (unpaired) electrons. The minimum absolute atomic E-state index is 0.0286. The number of amides is 2. The number of fused-ring (bicyclic) bond motifs is 1. The van der Waals surface area contributed by atoms with Crippen LogP contribution in [0.25, 0.3) is 0 Å². The first-order valence-corrected chi connectivity index (χ1v) is 9.21. The molecule has 6 heteroatoms. The number of rotatable bonds is 3. The number of carbonyl (C=O) groups is 2. The number of benzene rings is 1. The van der Waals surface area contributed by atoms with E-state index in [9.17, 15) is 14.0 Å². The van der Waals surface area contributed by atoms with E-state index in [1.54, 1.807) is 12.1 Å². The summed E-state index contributed by atoms with van der Waals surface area (Å²) in [4.78, 5) is 25.3. The zero-order valence-electron chi connectivity index (χ0n) is 14.4. The van der Waals surface area contributed by atoms with Gasteiger partial charge in [-0.3, -0.25) is 15.0 Å². The van der Waals surface area contributed by atoms with Gasteiger partial charge in [0, 0.05) is 24.9 Å². The summed E-state index contributed by atoms with van der Waals surface area (Å²) in [5, 5.41) is 0. The Kier molecular flexibility index (Phi) is 4.23. The lowest BCUT2D eigenvalue weighted by atomic mass is 9.70. The van der Waals surface area contributed by atoms with Crippen LogP contribution in [0.4, 0.5) is 10.1 Å². The predicted octanol–water partition coefficient (Wildman–Crippen LogP) is 2.48. The Labute approximate surface area is 146 Å². The third kappa shape index (κ3) is 2.82. The van der Waals surface area contributed by atoms with Gasteiger partial charge in [0.25, 0.3) is 0 Å². The van der Waals surface area contributed by atoms with E-state index in [-0.39, 0.29) is 35.5 Å². The Morgan fingerprint density at radius 2 is 2.04 bits per heavy atom. The van der Waals surface area contributed by atoms with Crippen LogP contribution in [-0.4, -0.2) is 24.4 Å². The summed E-state index contributed by atoms with van der Waals surface area (Å²) in [6.45, 7) is 2.69. The van der Waals surface area contributed by atoms with Crippen molar-refractivity contribution in [2.45, 2.75) is 51.0 Å². The number of β-lactam (4-membered cyclic amide) rings is 1. The van der Waals surface area contributed by atoms with Crippen molar-refractivity contribution >= 4 is 17.5 Å². The molecule has 0 bridgehead atoms. The highest BCUT2D eigenvalue weighted by molar-refractivity contribution is 5.99. The standard InChI is InChI=1S/C19H24FN3O2/c1-11(18-13-4-2-3-5-14(13)19(25)22-21-18)12-6-7-15(20)16(10-12)23-9-8-17(23)24/h6-7,10-11,13-14,18,21H,2-5,8-9H2,1H3,(H,22,25). The number of halogens is 1. The van der Waals surface area contributed by atoms with E-state index < -0.39 is 0 Å². The lowest BCUT2D eigenvalue weighted by Gasteiger charge is -2.44. The summed E-state index contributed by atoms with van der Waals surface area (Å²) < 4.78 is 14.2. The van der Waals surface area contributed by atoms with Crippen LogP contribution in [0.5, 0.6) is 0 Å². The Hall–Kier alpha value is -1.95. The van der Waals surface area contributed by atoms with Crippen LogP contribution in [0.1, 0.15) is 50.5 Å². The number of hydrazine groups is 1. The Morgan fingerprint density at radius 3 is 2.76 bits per heavy atom. The molecule has 1 aliphatic carbocycles. The molecule has 25 heavy (non-hydrogen) atoms. The third-order valence-corrected chi connectivity index (χ3v) is 6.16. The molecule has 134 valence electrons. The van der Waals surface area contributed by atoms with Crippen LogP contribution in [0.2, 0.25) is 0 Å². The van der Waals surface area contributed by atoms with Crippen LogP contribution in [0.15, 0.2) is 18.2 Å². The van der Waals surface area contributed by atoms with Crippen LogP contribution >= 0.6 is 0 Å². The van der Waals surface area contributed by atoms with E-state index in [0.717, 1.165) is 31.2 Å². The van der Waals surface area contributed by atoms with Crippen LogP contribution < -0.4 is 15.8 Å². The molecule has 2 heterocycles. The number of nitrogens with zero attached hydrogens (tertiary/aromatic N) is 1. The molecule has 3 fully saturated rings. The van der Waals surface area contributed by atoms with Gasteiger partial charge in [-0.25, -0.2) is 9.82 Å². The van der Waals surface area contributed by atoms with Gasteiger partial charge in [0.1, 0.15) is 5.82 Å². The monoisotopic (exact) mass is 345 g/mol. The molecule has 3 aliphatic rings. The summed E-state index contributed by atoms with van der Waals surface area (Å²) in [6.07, 6.45) is 4.72. The lowest BCUT2D eigenvalue weighted by Crippen LogP contribution is -2.60. The maximum absolute atomic E-state index is 14.2. The molecule has 0 aromatic heterocycles. The molecule has 5 nitrogen and oxygen atoms in total. The van der Waals surface area contributed by atoms with Gasteiger partial charge < -0.3 is 4.90 Å². The van der Waals surface area contributed by atoms with Gasteiger partial charge in [0.15, 0.2) is 0 Å². The largest absolute Gasteiger partial charge is 0.309 e. The van der Waals surface area contributed by atoms with Crippen molar-refractivity contribution in [2.75, 3.05) is 11.4 Å². The SMILES string of the molecule is CC(c1ccc(F)c(N2CCC2=O)c1)C1NNC(=O)C2CCCCC21. The van der Waals surface area contributed by atoms with Crippen LogP contribution in [0.3, 0.4) is 0 Å². The molecule has 2 N–H and O–H groups in total. The summed E-state index contributed by atoms with van der Waals surface area (Å²) in [6, 6.07) is 5.16. The maximum atomic E-state index is 14.2. The lowest BCUT2D eigenvalue weighted by molar-refractivity contribution is -0.133. The van der Waals surface area contributed by atoms with Gasteiger partial charge in [-0.1, -0.05) is 25.8 Å². The van der Waals surface area contributed by atoms with E-state index in [1.165, 1.54) is 11.0 Å². The fourth-order valence-electron chi connectivity index (χ4n) is 4.56. The van der Waals surface area contributed by atoms with E-state index in [2.05, 4.69) is 17.8 Å². The highest BCUT2D eigenvalue weighted by atomic mass is 19.1. The average Bonchev–Trinajstić information content (AvgIpc) is 2.62. The average molecular weight is 345 g/mol. The van der Waals surface area contributed by atoms with Crippen molar-refractivity contribution in [3.8, 4) is 0 Å². The summed E-state index contributed by atoms with van der Waals surface area (Å²) in [5.41, 5.74) is 7.40.